The maximum Gasteiger partial charge on any atom is 0.251 e. The summed E-state index contributed by atoms with van der Waals surface area (Å²) in [5.74, 6) is -0.213. The van der Waals surface area contributed by atoms with Crippen molar-refractivity contribution in [1.82, 2.24) is 5.32 Å². The summed E-state index contributed by atoms with van der Waals surface area (Å²) < 4.78 is 0. The Labute approximate surface area is 123 Å². The Morgan fingerprint density at radius 3 is 2.76 bits per heavy atom. The van der Waals surface area contributed by atoms with Crippen LogP contribution in [0.15, 0.2) is 18.2 Å². The number of hydrogen-bond acceptors (Lipinski definition) is 3. The Morgan fingerprint density at radius 1 is 1.29 bits per heavy atom. The molecule has 1 fully saturated rings. The highest BCUT2D eigenvalue weighted by Gasteiger charge is 2.33. The molecule has 3 N–H and O–H groups in total. The molecule has 2 amide bonds. The van der Waals surface area contributed by atoms with E-state index in [0.717, 1.165) is 43.4 Å². The molecule has 0 spiro atoms. The van der Waals surface area contributed by atoms with Gasteiger partial charge in [-0.2, -0.15) is 0 Å². The van der Waals surface area contributed by atoms with E-state index in [1.807, 2.05) is 0 Å². The van der Waals surface area contributed by atoms with Gasteiger partial charge in [0.1, 0.15) is 0 Å². The lowest BCUT2D eigenvalue weighted by Gasteiger charge is -2.36. The number of benzene rings is 1. The van der Waals surface area contributed by atoms with Crippen molar-refractivity contribution in [2.24, 2.45) is 0 Å². The van der Waals surface area contributed by atoms with E-state index < -0.39 is 5.54 Å². The monoisotopic (exact) mass is 288 g/mol. The molecule has 1 aromatic carbocycles. The van der Waals surface area contributed by atoms with Crippen LogP contribution in [-0.2, 0) is 11.2 Å². The van der Waals surface area contributed by atoms with E-state index in [1.165, 1.54) is 0 Å². The predicted molar refractivity (Wildman–Crippen MR) is 79.1 cm³/mol. The largest absolute Gasteiger partial charge is 0.394 e. The van der Waals surface area contributed by atoms with Gasteiger partial charge in [0, 0.05) is 11.3 Å². The van der Waals surface area contributed by atoms with Crippen molar-refractivity contribution in [3.8, 4) is 0 Å². The normalized spacial score (nSPS) is 19.8. The third kappa shape index (κ3) is 2.78. The Kier molecular flexibility index (Phi) is 3.68. The van der Waals surface area contributed by atoms with Crippen LogP contribution in [-0.4, -0.2) is 29.1 Å². The molecule has 0 unspecified atom stereocenters. The van der Waals surface area contributed by atoms with Gasteiger partial charge >= 0.3 is 0 Å². The molecule has 1 aliphatic heterocycles. The van der Waals surface area contributed by atoms with Crippen molar-refractivity contribution < 1.29 is 14.7 Å². The first-order valence-corrected chi connectivity index (χ1v) is 7.48. The van der Waals surface area contributed by atoms with E-state index in [9.17, 15) is 14.7 Å². The number of fused-ring (bicyclic) bond motifs is 1. The molecular weight excluding hydrogens is 268 g/mol. The van der Waals surface area contributed by atoms with Gasteiger partial charge in [-0.25, -0.2) is 0 Å². The van der Waals surface area contributed by atoms with Crippen LogP contribution < -0.4 is 10.6 Å². The van der Waals surface area contributed by atoms with Gasteiger partial charge in [0.15, 0.2) is 0 Å². The fraction of sp³-hybridized carbons (Fsp3) is 0.500. The second kappa shape index (κ2) is 5.48. The zero-order chi connectivity index (χ0) is 14.9. The number of aliphatic hydroxyl groups is 1. The van der Waals surface area contributed by atoms with Crippen LogP contribution in [0.2, 0.25) is 0 Å². The molecule has 5 nitrogen and oxygen atoms in total. The second-order valence-corrected chi connectivity index (χ2v) is 6.05. The van der Waals surface area contributed by atoms with Gasteiger partial charge in [-0.15, -0.1) is 0 Å². The van der Waals surface area contributed by atoms with E-state index >= 15 is 0 Å². The molecule has 1 aromatic rings. The Hall–Kier alpha value is -1.88. The first kappa shape index (κ1) is 14.1. The topological polar surface area (TPSA) is 78.4 Å². The average Bonchev–Trinajstić information content (AvgIpc) is 2.87. The molecule has 1 heterocycles. The zero-order valence-corrected chi connectivity index (χ0v) is 11.9. The smallest absolute Gasteiger partial charge is 0.251 e. The zero-order valence-electron chi connectivity index (χ0n) is 11.9. The summed E-state index contributed by atoms with van der Waals surface area (Å²) in [5.41, 5.74) is 1.70. The summed E-state index contributed by atoms with van der Waals surface area (Å²) >= 11 is 0. The maximum absolute atomic E-state index is 12.4. The van der Waals surface area contributed by atoms with Gasteiger partial charge in [0.2, 0.25) is 5.91 Å². The SMILES string of the molecule is O=C1Cc2cc(C(=O)NC3(CO)CCCCC3)ccc2N1. The highest BCUT2D eigenvalue weighted by Crippen LogP contribution is 2.29. The van der Waals surface area contributed by atoms with Gasteiger partial charge in [0.05, 0.1) is 18.6 Å². The molecule has 0 bridgehead atoms. The minimum Gasteiger partial charge on any atom is -0.394 e. The lowest BCUT2D eigenvalue weighted by molar-refractivity contribution is -0.115. The number of carbonyl (C=O) groups is 2. The number of nitrogens with one attached hydrogen (secondary N) is 2. The van der Waals surface area contributed by atoms with Crippen molar-refractivity contribution in [2.45, 2.75) is 44.1 Å². The molecule has 1 saturated carbocycles. The summed E-state index contributed by atoms with van der Waals surface area (Å²) in [6, 6.07) is 5.24. The lowest BCUT2D eigenvalue weighted by Crippen LogP contribution is -2.52. The first-order valence-electron chi connectivity index (χ1n) is 7.48. The predicted octanol–water partition coefficient (Wildman–Crippen LogP) is 1.61. The van der Waals surface area contributed by atoms with E-state index in [4.69, 9.17) is 0 Å². The molecule has 3 rings (SSSR count). The van der Waals surface area contributed by atoms with Gasteiger partial charge in [-0.3, -0.25) is 9.59 Å². The second-order valence-electron chi connectivity index (χ2n) is 6.05. The number of hydrogen-bond donors (Lipinski definition) is 3. The molecule has 5 heteroatoms. The van der Waals surface area contributed by atoms with Crippen LogP contribution >= 0.6 is 0 Å². The van der Waals surface area contributed by atoms with E-state index in [0.29, 0.717) is 12.0 Å². The minimum atomic E-state index is -0.484. The van der Waals surface area contributed by atoms with Crippen LogP contribution in [0.3, 0.4) is 0 Å². The number of amides is 2. The molecule has 1 aliphatic carbocycles. The summed E-state index contributed by atoms with van der Waals surface area (Å²) in [5, 5.41) is 15.4. The standard InChI is InChI=1S/C16H20N2O3/c19-10-16(6-2-1-3-7-16)18-15(21)11-4-5-13-12(8-11)9-14(20)17-13/h4-5,8,19H,1-3,6-7,9-10H2,(H,17,20)(H,18,21). The third-order valence-corrected chi connectivity index (χ3v) is 4.48. The summed E-state index contributed by atoms with van der Waals surface area (Å²) in [6.45, 7) is -0.0241. The Morgan fingerprint density at radius 2 is 2.05 bits per heavy atom. The van der Waals surface area contributed by atoms with Crippen LogP contribution in [0.1, 0.15) is 48.0 Å². The first-order chi connectivity index (χ1) is 10.1. The molecule has 0 radical (unpaired) electrons. The number of carbonyl (C=O) groups excluding carboxylic acids is 2. The Balaban J connectivity index is 1.76. The number of aliphatic hydroxyl groups excluding tert-OH is 1. The van der Waals surface area contributed by atoms with Crippen LogP contribution in [0, 0.1) is 0 Å². The average molecular weight is 288 g/mol. The van der Waals surface area contributed by atoms with Crippen LogP contribution in [0.25, 0.3) is 0 Å². The van der Waals surface area contributed by atoms with Crippen LogP contribution in [0.4, 0.5) is 5.69 Å². The van der Waals surface area contributed by atoms with Gasteiger partial charge in [0.25, 0.3) is 5.91 Å². The Bertz CT molecular complexity index is 577. The minimum absolute atomic E-state index is 0.0241. The van der Waals surface area contributed by atoms with Crippen LogP contribution in [0.5, 0.6) is 0 Å². The van der Waals surface area contributed by atoms with E-state index in [2.05, 4.69) is 10.6 Å². The molecule has 2 aliphatic rings. The molecule has 0 aromatic heterocycles. The molecular formula is C16H20N2O3. The van der Waals surface area contributed by atoms with Crippen molar-refractivity contribution in [1.29, 1.82) is 0 Å². The van der Waals surface area contributed by atoms with Crippen molar-refractivity contribution >= 4 is 17.5 Å². The number of rotatable bonds is 3. The number of anilines is 1. The molecule has 112 valence electrons. The summed E-state index contributed by atoms with van der Waals surface area (Å²) in [6.07, 6.45) is 5.18. The van der Waals surface area contributed by atoms with Crippen molar-refractivity contribution in [2.75, 3.05) is 11.9 Å². The van der Waals surface area contributed by atoms with E-state index in [1.54, 1.807) is 18.2 Å². The fourth-order valence-electron chi connectivity index (χ4n) is 3.23. The van der Waals surface area contributed by atoms with Gasteiger partial charge in [-0.1, -0.05) is 19.3 Å². The lowest BCUT2D eigenvalue weighted by atomic mass is 9.82. The highest BCUT2D eigenvalue weighted by molar-refractivity contribution is 6.01. The molecule has 0 atom stereocenters. The van der Waals surface area contributed by atoms with E-state index in [-0.39, 0.29) is 18.4 Å². The summed E-state index contributed by atoms with van der Waals surface area (Å²) in [7, 11) is 0. The third-order valence-electron chi connectivity index (χ3n) is 4.48. The highest BCUT2D eigenvalue weighted by atomic mass is 16.3. The van der Waals surface area contributed by atoms with Gasteiger partial charge < -0.3 is 15.7 Å². The molecule has 0 saturated heterocycles. The molecule has 21 heavy (non-hydrogen) atoms. The fourth-order valence-corrected chi connectivity index (χ4v) is 3.23. The quantitative estimate of drug-likeness (QED) is 0.790. The van der Waals surface area contributed by atoms with Crippen molar-refractivity contribution in [3.05, 3.63) is 29.3 Å². The maximum atomic E-state index is 12.4. The summed E-state index contributed by atoms with van der Waals surface area (Å²) in [4.78, 5) is 23.8. The van der Waals surface area contributed by atoms with Gasteiger partial charge in [-0.05, 0) is 36.6 Å². The van der Waals surface area contributed by atoms with Crippen molar-refractivity contribution in [3.63, 3.8) is 0 Å².